The van der Waals surface area contributed by atoms with Crippen molar-refractivity contribution in [3.63, 3.8) is 0 Å². The highest BCUT2D eigenvalue weighted by Crippen LogP contribution is 2.15. The molecule has 0 bridgehead atoms. The van der Waals surface area contributed by atoms with Gasteiger partial charge in [0.15, 0.2) is 0 Å². The second-order valence-corrected chi connectivity index (χ2v) is 6.91. The number of rotatable bonds is 3. The Morgan fingerprint density at radius 3 is 2.35 bits per heavy atom. The van der Waals surface area contributed by atoms with Gasteiger partial charge in [-0.1, -0.05) is 36.4 Å². The molecule has 1 aliphatic rings. The quantitative estimate of drug-likeness (QED) is 0.772. The lowest BCUT2D eigenvalue weighted by Crippen LogP contribution is -3.13. The monoisotopic (exact) mass is 349 g/mol. The molecule has 26 heavy (non-hydrogen) atoms. The molecule has 0 aliphatic carbocycles. The molecule has 0 radical (unpaired) electrons. The zero-order valence-electron chi connectivity index (χ0n) is 14.6. The lowest BCUT2D eigenvalue weighted by molar-refractivity contribution is -0.917. The SMILES string of the molecule is O=C(c1ccc(F)cc1)N1CC[NH+](Cc2ccc3ccccc3c2)CC1. The zero-order chi connectivity index (χ0) is 17.9. The predicted molar refractivity (Wildman–Crippen MR) is 101 cm³/mol. The molecule has 0 aromatic heterocycles. The molecule has 1 saturated heterocycles. The van der Waals surface area contributed by atoms with Gasteiger partial charge in [-0.05, 0) is 41.1 Å². The number of nitrogens with one attached hydrogen (secondary N) is 1. The molecule has 3 aromatic rings. The molecule has 1 heterocycles. The highest BCUT2D eigenvalue weighted by atomic mass is 19.1. The summed E-state index contributed by atoms with van der Waals surface area (Å²) in [6, 6.07) is 20.9. The highest BCUT2D eigenvalue weighted by molar-refractivity contribution is 5.94. The largest absolute Gasteiger partial charge is 0.328 e. The average Bonchev–Trinajstić information content (AvgIpc) is 2.68. The van der Waals surface area contributed by atoms with Crippen molar-refractivity contribution in [1.82, 2.24) is 4.90 Å². The fourth-order valence-electron chi connectivity index (χ4n) is 3.62. The standard InChI is InChI=1S/C22H21FN2O/c23-21-9-7-19(8-10-21)22(26)25-13-11-24(12-14-25)16-17-5-6-18-3-1-2-4-20(18)15-17/h1-10,15H,11-14,16H2/p+1. The van der Waals surface area contributed by atoms with E-state index in [0.717, 1.165) is 32.7 Å². The summed E-state index contributed by atoms with van der Waals surface area (Å²) in [5.74, 6) is -0.319. The maximum atomic E-state index is 13.0. The zero-order valence-corrected chi connectivity index (χ0v) is 14.6. The highest BCUT2D eigenvalue weighted by Gasteiger charge is 2.24. The van der Waals surface area contributed by atoms with Gasteiger partial charge in [0.05, 0.1) is 26.2 Å². The van der Waals surface area contributed by atoms with Gasteiger partial charge in [0.25, 0.3) is 5.91 Å². The fourth-order valence-corrected chi connectivity index (χ4v) is 3.62. The smallest absolute Gasteiger partial charge is 0.254 e. The molecule has 1 N–H and O–H groups in total. The van der Waals surface area contributed by atoms with E-state index >= 15 is 0 Å². The number of nitrogens with zero attached hydrogens (tertiary/aromatic N) is 1. The van der Waals surface area contributed by atoms with Crippen molar-refractivity contribution in [1.29, 1.82) is 0 Å². The molecule has 3 nitrogen and oxygen atoms in total. The van der Waals surface area contributed by atoms with E-state index in [2.05, 4.69) is 42.5 Å². The molecule has 132 valence electrons. The summed E-state index contributed by atoms with van der Waals surface area (Å²) < 4.78 is 13.0. The number of hydrogen-bond acceptors (Lipinski definition) is 1. The molecule has 3 aromatic carbocycles. The van der Waals surface area contributed by atoms with Crippen LogP contribution in [0.4, 0.5) is 4.39 Å². The first-order chi connectivity index (χ1) is 12.7. The van der Waals surface area contributed by atoms with Gasteiger partial charge < -0.3 is 9.80 Å². The van der Waals surface area contributed by atoms with Gasteiger partial charge in [-0.15, -0.1) is 0 Å². The summed E-state index contributed by atoms with van der Waals surface area (Å²) in [6.45, 7) is 4.31. The molecule has 0 spiro atoms. The van der Waals surface area contributed by atoms with Crippen molar-refractivity contribution >= 4 is 16.7 Å². The Morgan fingerprint density at radius 2 is 1.62 bits per heavy atom. The summed E-state index contributed by atoms with van der Waals surface area (Å²) in [5.41, 5.74) is 1.89. The Labute approximate surface area is 152 Å². The van der Waals surface area contributed by atoms with Crippen molar-refractivity contribution in [3.05, 3.63) is 83.7 Å². The van der Waals surface area contributed by atoms with Crippen molar-refractivity contribution in [2.75, 3.05) is 26.2 Å². The molecular weight excluding hydrogens is 327 g/mol. The molecule has 1 fully saturated rings. The van der Waals surface area contributed by atoms with Gasteiger partial charge in [0, 0.05) is 11.1 Å². The predicted octanol–water partition coefficient (Wildman–Crippen LogP) is 2.52. The molecule has 1 aliphatic heterocycles. The Bertz CT molecular complexity index is 915. The number of fused-ring (bicyclic) bond motifs is 1. The molecule has 0 unspecified atom stereocenters. The number of amides is 1. The first kappa shape index (κ1) is 16.7. The van der Waals surface area contributed by atoms with Gasteiger partial charge in [0.2, 0.25) is 0 Å². The Balaban J connectivity index is 1.37. The van der Waals surface area contributed by atoms with E-state index in [0.29, 0.717) is 5.56 Å². The summed E-state index contributed by atoms with van der Waals surface area (Å²) in [5, 5.41) is 2.54. The third-order valence-electron chi connectivity index (χ3n) is 5.12. The maximum absolute atomic E-state index is 13.0. The minimum absolute atomic E-state index is 0.00486. The first-order valence-electron chi connectivity index (χ1n) is 9.05. The molecule has 4 heteroatoms. The van der Waals surface area contributed by atoms with E-state index < -0.39 is 0 Å². The van der Waals surface area contributed by atoms with Crippen LogP contribution in [0, 0.1) is 5.82 Å². The molecular formula is C22H22FN2O+. The average molecular weight is 349 g/mol. The van der Waals surface area contributed by atoms with Crippen molar-refractivity contribution in [2.24, 2.45) is 0 Å². The Hall–Kier alpha value is -2.72. The van der Waals surface area contributed by atoms with E-state index in [-0.39, 0.29) is 11.7 Å². The van der Waals surface area contributed by atoms with Gasteiger partial charge in [-0.25, -0.2) is 4.39 Å². The Morgan fingerprint density at radius 1 is 0.923 bits per heavy atom. The number of carbonyl (C=O) groups is 1. The number of benzene rings is 3. The third kappa shape index (κ3) is 3.60. The first-order valence-corrected chi connectivity index (χ1v) is 9.05. The van der Waals surface area contributed by atoms with Crippen LogP contribution in [-0.4, -0.2) is 37.0 Å². The minimum Gasteiger partial charge on any atom is -0.328 e. The minimum atomic E-state index is -0.314. The van der Waals surface area contributed by atoms with Crippen LogP contribution < -0.4 is 4.90 Å². The lowest BCUT2D eigenvalue weighted by Gasteiger charge is -2.32. The van der Waals surface area contributed by atoms with Crippen LogP contribution in [0.2, 0.25) is 0 Å². The van der Waals surface area contributed by atoms with Gasteiger partial charge in [-0.2, -0.15) is 0 Å². The summed E-state index contributed by atoms with van der Waals surface area (Å²) in [4.78, 5) is 15.9. The number of piperazine rings is 1. The molecule has 4 rings (SSSR count). The van der Waals surface area contributed by atoms with Crippen LogP contribution in [0.3, 0.4) is 0 Å². The van der Waals surface area contributed by atoms with E-state index in [9.17, 15) is 9.18 Å². The number of quaternary nitrogens is 1. The van der Waals surface area contributed by atoms with E-state index in [1.165, 1.54) is 33.4 Å². The van der Waals surface area contributed by atoms with Gasteiger partial charge in [-0.3, -0.25) is 4.79 Å². The van der Waals surface area contributed by atoms with Crippen LogP contribution >= 0.6 is 0 Å². The van der Waals surface area contributed by atoms with Crippen LogP contribution in [-0.2, 0) is 6.54 Å². The maximum Gasteiger partial charge on any atom is 0.254 e. The fraction of sp³-hybridized carbons (Fsp3) is 0.227. The van der Waals surface area contributed by atoms with Crippen LogP contribution in [0.1, 0.15) is 15.9 Å². The van der Waals surface area contributed by atoms with Gasteiger partial charge >= 0.3 is 0 Å². The molecule has 0 atom stereocenters. The number of carbonyl (C=O) groups excluding carboxylic acids is 1. The van der Waals surface area contributed by atoms with E-state index in [4.69, 9.17) is 0 Å². The second kappa shape index (κ2) is 7.26. The topological polar surface area (TPSA) is 24.8 Å². The normalized spacial score (nSPS) is 15.3. The van der Waals surface area contributed by atoms with Crippen LogP contribution in [0.5, 0.6) is 0 Å². The van der Waals surface area contributed by atoms with Crippen molar-refractivity contribution in [3.8, 4) is 0 Å². The van der Waals surface area contributed by atoms with Crippen LogP contribution in [0.25, 0.3) is 10.8 Å². The van der Waals surface area contributed by atoms with E-state index in [1.54, 1.807) is 12.1 Å². The number of hydrogen-bond donors (Lipinski definition) is 1. The Kier molecular flexibility index (Phi) is 4.67. The summed E-state index contributed by atoms with van der Waals surface area (Å²) in [6.07, 6.45) is 0. The van der Waals surface area contributed by atoms with E-state index in [1.807, 2.05) is 4.90 Å². The molecule has 1 amide bonds. The summed E-state index contributed by atoms with van der Waals surface area (Å²) >= 11 is 0. The van der Waals surface area contributed by atoms with Crippen molar-refractivity contribution in [2.45, 2.75) is 6.54 Å². The second-order valence-electron chi connectivity index (χ2n) is 6.91. The third-order valence-corrected chi connectivity index (χ3v) is 5.12. The van der Waals surface area contributed by atoms with Crippen LogP contribution in [0.15, 0.2) is 66.7 Å². The van der Waals surface area contributed by atoms with Crippen molar-refractivity contribution < 1.29 is 14.1 Å². The number of halogens is 1. The summed E-state index contributed by atoms with van der Waals surface area (Å²) in [7, 11) is 0. The van der Waals surface area contributed by atoms with Gasteiger partial charge in [0.1, 0.15) is 12.4 Å². The lowest BCUT2D eigenvalue weighted by atomic mass is 10.1. The molecule has 0 saturated carbocycles.